The highest BCUT2D eigenvalue weighted by atomic mass is 35.5. The van der Waals surface area contributed by atoms with Gasteiger partial charge in [-0.15, -0.1) is 12.4 Å². The van der Waals surface area contributed by atoms with Crippen molar-refractivity contribution >= 4 is 33.3 Å². The van der Waals surface area contributed by atoms with E-state index in [4.69, 9.17) is 10.5 Å². The minimum atomic E-state index is -3.81. The number of hydrogen-bond donors (Lipinski definition) is 1. The lowest BCUT2D eigenvalue weighted by atomic mass is 9.89. The molecular weight excluding hydrogens is 384 g/mol. The van der Waals surface area contributed by atoms with Crippen molar-refractivity contribution in [3.05, 3.63) is 59.5 Å². The summed E-state index contributed by atoms with van der Waals surface area (Å²) >= 11 is 0. The van der Waals surface area contributed by atoms with Crippen LogP contribution in [0.3, 0.4) is 0 Å². The molecule has 0 amide bonds. The number of benzene rings is 1. The van der Waals surface area contributed by atoms with Gasteiger partial charge >= 0.3 is 0 Å². The molecule has 1 aliphatic rings. The molecule has 7 heteroatoms. The van der Waals surface area contributed by atoms with Crippen molar-refractivity contribution in [1.29, 1.82) is 0 Å². The van der Waals surface area contributed by atoms with Gasteiger partial charge in [-0.25, -0.2) is 12.4 Å². The predicted molar refractivity (Wildman–Crippen MR) is 112 cm³/mol. The van der Waals surface area contributed by atoms with Crippen LogP contribution < -0.4 is 5.73 Å². The van der Waals surface area contributed by atoms with Crippen molar-refractivity contribution in [3.8, 4) is 0 Å². The van der Waals surface area contributed by atoms with Crippen LogP contribution in [0.25, 0.3) is 10.9 Å². The zero-order chi connectivity index (χ0) is 19.1. The van der Waals surface area contributed by atoms with Crippen LogP contribution in [-0.4, -0.2) is 24.2 Å². The first-order valence-electron chi connectivity index (χ1n) is 8.77. The van der Waals surface area contributed by atoms with Crippen molar-refractivity contribution in [1.82, 2.24) is 3.97 Å². The maximum Gasteiger partial charge on any atom is 0.252 e. The number of nitrogens with two attached hydrogens (primary N) is 1. The fraction of sp³-hybridized carbons (Fsp3) is 0.400. The fourth-order valence-electron chi connectivity index (χ4n) is 3.71. The number of allylic oxidation sites excluding steroid dienone is 3. The lowest BCUT2D eigenvalue weighted by Gasteiger charge is -2.35. The van der Waals surface area contributed by atoms with Gasteiger partial charge in [0.05, 0.1) is 12.6 Å². The van der Waals surface area contributed by atoms with E-state index in [-0.39, 0.29) is 24.9 Å². The molecule has 27 heavy (non-hydrogen) atoms. The van der Waals surface area contributed by atoms with Gasteiger partial charge < -0.3 is 10.5 Å². The summed E-state index contributed by atoms with van der Waals surface area (Å²) in [5.41, 5.74) is 8.01. The molecule has 2 N–H and O–H groups in total. The summed E-state index contributed by atoms with van der Waals surface area (Å²) in [5.74, 6) is 0.669. The highest BCUT2D eigenvalue weighted by molar-refractivity contribution is 7.91. The number of aromatic nitrogens is 1. The summed E-state index contributed by atoms with van der Waals surface area (Å²) < 4.78 is 33.6. The second-order valence-electron chi connectivity index (χ2n) is 7.15. The van der Waals surface area contributed by atoms with E-state index in [0.717, 1.165) is 11.0 Å². The van der Waals surface area contributed by atoms with Crippen molar-refractivity contribution in [2.45, 2.75) is 38.5 Å². The molecule has 1 heterocycles. The van der Waals surface area contributed by atoms with E-state index >= 15 is 0 Å². The number of fused-ring (bicyclic) bond motifs is 1. The van der Waals surface area contributed by atoms with Crippen LogP contribution in [0.4, 0.5) is 0 Å². The number of hydrogen-bond acceptors (Lipinski definition) is 4. The van der Waals surface area contributed by atoms with Crippen LogP contribution in [0, 0.1) is 5.92 Å². The van der Waals surface area contributed by atoms with Crippen molar-refractivity contribution in [2.24, 2.45) is 11.7 Å². The molecule has 148 valence electrons. The monoisotopic (exact) mass is 410 g/mol. The smallest absolute Gasteiger partial charge is 0.252 e. The average molecular weight is 411 g/mol. The second kappa shape index (κ2) is 7.70. The lowest BCUT2D eigenvalue weighted by Crippen LogP contribution is -2.44. The summed E-state index contributed by atoms with van der Waals surface area (Å²) in [6, 6.07) is 9.28. The third kappa shape index (κ3) is 3.20. The molecule has 1 unspecified atom stereocenters. The van der Waals surface area contributed by atoms with E-state index in [1.165, 1.54) is 3.97 Å². The molecule has 0 aliphatic heterocycles. The summed E-state index contributed by atoms with van der Waals surface area (Å²) in [7, 11) is -2.27. The highest BCUT2D eigenvalue weighted by Crippen LogP contribution is 2.41. The predicted octanol–water partition coefficient (Wildman–Crippen LogP) is 3.97. The zero-order valence-corrected chi connectivity index (χ0v) is 17.7. The number of rotatable bonds is 5. The van der Waals surface area contributed by atoms with E-state index in [2.05, 4.69) is 0 Å². The molecule has 0 radical (unpaired) electrons. The van der Waals surface area contributed by atoms with Crippen LogP contribution in [0.15, 0.2) is 53.8 Å². The molecule has 0 saturated heterocycles. The average Bonchev–Trinajstić information content (AvgIpc) is 3.00. The van der Waals surface area contributed by atoms with Crippen LogP contribution in [0.2, 0.25) is 0 Å². The van der Waals surface area contributed by atoms with Crippen molar-refractivity contribution < 1.29 is 13.2 Å². The Labute approximate surface area is 167 Å². The molecule has 0 bridgehead atoms. The van der Waals surface area contributed by atoms with E-state index in [1.807, 2.05) is 56.3 Å². The van der Waals surface area contributed by atoms with E-state index < -0.39 is 14.8 Å². The number of ether oxygens (including phenoxy) is 1. The Morgan fingerprint density at radius 3 is 2.56 bits per heavy atom. The van der Waals surface area contributed by atoms with Crippen molar-refractivity contribution in [2.75, 3.05) is 7.11 Å². The van der Waals surface area contributed by atoms with Gasteiger partial charge in [-0.2, -0.15) is 0 Å². The molecule has 1 aliphatic carbocycles. The van der Waals surface area contributed by atoms with Crippen LogP contribution >= 0.6 is 12.4 Å². The van der Waals surface area contributed by atoms with Crippen LogP contribution in [-0.2, 0) is 21.3 Å². The highest BCUT2D eigenvalue weighted by Gasteiger charge is 2.48. The number of methoxy groups -OCH3 is 1. The van der Waals surface area contributed by atoms with Gasteiger partial charge in [0.25, 0.3) is 10.0 Å². The Balaban J connectivity index is 0.00000261. The Kier molecular flexibility index (Phi) is 6.14. The second-order valence-corrected chi connectivity index (χ2v) is 9.37. The molecule has 0 saturated carbocycles. The van der Waals surface area contributed by atoms with E-state index in [0.29, 0.717) is 23.4 Å². The van der Waals surface area contributed by atoms with Gasteiger partial charge in [0.2, 0.25) is 0 Å². The SMILES string of the molecule is COC1=C(C(C)C)C=CCC1(C)S(=O)(=O)n1c(CN)cc2ccccc21.Cl. The summed E-state index contributed by atoms with van der Waals surface area (Å²) in [5, 5.41) is 0.860. The van der Waals surface area contributed by atoms with E-state index in [9.17, 15) is 8.42 Å². The van der Waals surface area contributed by atoms with Crippen LogP contribution in [0.1, 0.15) is 32.9 Å². The number of halogens is 1. The maximum absolute atomic E-state index is 13.9. The summed E-state index contributed by atoms with van der Waals surface area (Å²) in [4.78, 5) is 0. The zero-order valence-electron chi connectivity index (χ0n) is 16.1. The molecule has 2 aromatic rings. The first-order valence-corrected chi connectivity index (χ1v) is 10.2. The Morgan fingerprint density at radius 2 is 1.96 bits per heavy atom. The molecule has 1 aromatic carbocycles. The standard InChI is InChI=1S/C20H26N2O3S.ClH/c1-14(2)17-9-7-11-20(3,19(17)25-4)26(23,24)22-16(13-21)12-15-8-5-6-10-18(15)22;/h5-10,12,14H,11,13,21H2,1-4H3;1H. The summed E-state index contributed by atoms with van der Waals surface area (Å²) in [6.45, 7) is 5.95. The third-order valence-corrected chi connectivity index (χ3v) is 7.53. The largest absolute Gasteiger partial charge is 0.499 e. The number of nitrogens with zero attached hydrogens (tertiary/aromatic N) is 1. The van der Waals surface area contributed by atoms with Gasteiger partial charge in [-0.1, -0.05) is 44.2 Å². The minimum Gasteiger partial charge on any atom is -0.499 e. The number of para-hydroxylation sites is 1. The normalized spacial score (nSPS) is 20.2. The molecular formula is C20H27ClN2O3S. The fourth-order valence-corrected chi connectivity index (χ4v) is 5.72. The Hall–Kier alpha value is -1.76. The molecule has 0 spiro atoms. The molecule has 1 aromatic heterocycles. The van der Waals surface area contributed by atoms with Gasteiger partial charge in [-0.3, -0.25) is 0 Å². The molecule has 1 atom stereocenters. The molecule has 5 nitrogen and oxygen atoms in total. The molecule has 3 rings (SSSR count). The van der Waals surface area contributed by atoms with Crippen molar-refractivity contribution in [3.63, 3.8) is 0 Å². The topological polar surface area (TPSA) is 74.3 Å². The lowest BCUT2D eigenvalue weighted by molar-refractivity contribution is 0.244. The Bertz CT molecular complexity index is 1010. The van der Waals surface area contributed by atoms with Gasteiger partial charge in [0.15, 0.2) is 0 Å². The van der Waals surface area contributed by atoms with E-state index in [1.54, 1.807) is 14.0 Å². The molecule has 0 fully saturated rings. The van der Waals surface area contributed by atoms with Gasteiger partial charge in [-0.05, 0) is 37.0 Å². The Morgan fingerprint density at radius 1 is 1.30 bits per heavy atom. The maximum atomic E-state index is 13.9. The quantitative estimate of drug-likeness (QED) is 0.809. The third-order valence-electron chi connectivity index (χ3n) is 5.13. The minimum absolute atomic E-state index is 0. The van der Waals surface area contributed by atoms with Gasteiger partial charge in [0, 0.05) is 17.6 Å². The van der Waals surface area contributed by atoms with Gasteiger partial charge in [0.1, 0.15) is 10.5 Å². The first kappa shape index (κ1) is 21.5. The summed E-state index contributed by atoms with van der Waals surface area (Å²) in [6.07, 6.45) is 4.24. The first-order chi connectivity index (χ1) is 12.3. The van der Waals surface area contributed by atoms with Crippen LogP contribution in [0.5, 0.6) is 0 Å².